The number of fused-ring (bicyclic) bond motifs is 1. The molecule has 1 aliphatic carbocycles. The monoisotopic (exact) mass is 316 g/mol. The van der Waals surface area contributed by atoms with Gasteiger partial charge in [-0.25, -0.2) is 4.98 Å². The highest BCUT2D eigenvalue weighted by molar-refractivity contribution is 7.16. The van der Waals surface area contributed by atoms with E-state index in [-0.39, 0.29) is 24.2 Å². The first-order chi connectivity index (χ1) is 10.7. The highest BCUT2D eigenvalue weighted by Gasteiger charge is 2.53. The fraction of sp³-hybridized carbons (Fsp3) is 0.438. The third-order valence-electron chi connectivity index (χ3n) is 4.69. The first-order valence-electron chi connectivity index (χ1n) is 7.52. The molecular formula is C16H16N2O3S. The minimum atomic E-state index is -0.564. The Kier molecular flexibility index (Phi) is 3.14. The second kappa shape index (κ2) is 5.05. The number of amides is 1. The summed E-state index contributed by atoms with van der Waals surface area (Å²) in [5, 5.41) is 2.93. The molecule has 1 aromatic heterocycles. The molecule has 1 atom stereocenters. The van der Waals surface area contributed by atoms with Crippen molar-refractivity contribution < 1.29 is 14.3 Å². The number of ether oxygens (including phenoxy) is 1. The lowest BCUT2D eigenvalue weighted by Crippen LogP contribution is -2.39. The molecule has 6 heteroatoms. The summed E-state index contributed by atoms with van der Waals surface area (Å²) < 4.78 is 6.62. The van der Waals surface area contributed by atoms with Crippen LogP contribution in [0.15, 0.2) is 23.7 Å². The van der Waals surface area contributed by atoms with E-state index in [0.717, 1.165) is 41.6 Å². The average Bonchev–Trinajstić information content (AvgIpc) is 3.19. The van der Waals surface area contributed by atoms with Crippen LogP contribution in [0.25, 0.3) is 10.2 Å². The Morgan fingerprint density at radius 3 is 3.00 bits per heavy atom. The molecule has 5 nitrogen and oxygen atoms in total. The number of carbonyl (C=O) groups is 2. The van der Waals surface area contributed by atoms with E-state index in [1.807, 2.05) is 18.2 Å². The van der Waals surface area contributed by atoms with Crippen LogP contribution in [0.1, 0.15) is 32.1 Å². The Hall–Kier alpha value is -1.95. The molecule has 1 N–H and O–H groups in total. The van der Waals surface area contributed by atoms with Crippen molar-refractivity contribution in [3.8, 4) is 0 Å². The molecule has 2 aromatic rings. The Morgan fingerprint density at radius 2 is 2.18 bits per heavy atom. The van der Waals surface area contributed by atoms with E-state index in [2.05, 4.69) is 10.3 Å². The molecule has 1 saturated carbocycles. The van der Waals surface area contributed by atoms with Gasteiger partial charge in [0.15, 0.2) is 0 Å². The van der Waals surface area contributed by atoms with Crippen LogP contribution in [0.3, 0.4) is 0 Å². The fourth-order valence-electron chi connectivity index (χ4n) is 3.61. The van der Waals surface area contributed by atoms with Gasteiger partial charge in [-0.1, -0.05) is 0 Å². The average molecular weight is 316 g/mol. The molecule has 2 aliphatic rings. The summed E-state index contributed by atoms with van der Waals surface area (Å²) in [6, 6.07) is 5.68. The van der Waals surface area contributed by atoms with Gasteiger partial charge >= 0.3 is 5.97 Å². The van der Waals surface area contributed by atoms with Crippen LogP contribution in [0.2, 0.25) is 0 Å². The Bertz CT molecular complexity index is 749. The SMILES string of the molecule is O=C1CC(C(=O)Nc2ccc3scnc3c2)C2(CCCC2)O1. The lowest BCUT2D eigenvalue weighted by atomic mass is 9.85. The van der Waals surface area contributed by atoms with Crippen LogP contribution in [-0.2, 0) is 14.3 Å². The maximum atomic E-state index is 12.6. The standard InChI is InChI=1S/C16H16N2O3S/c19-14-8-11(16(21-14)5-1-2-6-16)15(20)18-10-3-4-13-12(7-10)17-9-22-13/h3-4,7,9,11H,1-2,5-6,8H2,(H,18,20). The van der Waals surface area contributed by atoms with Crippen molar-refractivity contribution in [2.45, 2.75) is 37.7 Å². The van der Waals surface area contributed by atoms with E-state index in [0.29, 0.717) is 0 Å². The topological polar surface area (TPSA) is 68.3 Å². The van der Waals surface area contributed by atoms with Crippen LogP contribution in [0.4, 0.5) is 5.69 Å². The summed E-state index contributed by atoms with van der Waals surface area (Å²) in [5.41, 5.74) is 2.81. The number of rotatable bonds is 2. The third-order valence-corrected chi connectivity index (χ3v) is 5.50. The van der Waals surface area contributed by atoms with Crippen LogP contribution < -0.4 is 5.32 Å². The number of benzene rings is 1. The maximum Gasteiger partial charge on any atom is 0.307 e. The molecule has 4 rings (SSSR count). The minimum Gasteiger partial charge on any atom is -0.458 e. The molecule has 1 amide bonds. The van der Waals surface area contributed by atoms with Gasteiger partial charge in [0.05, 0.1) is 28.1 Å². The molecule has 2 heterocycles. The van der Waals surface area contributed by atoms with Gasteiger partial charge in [-0.05, 0) is 43.9 Å². The Labute approximate surface area is 131 Å². The molecule has 1 spiro atoms. The number of nitrogens with zero attached hydrogens (tertiary/aromatic N) is 1. The van der Waals surface area contributed by atoms with E-state index in [1.54, 1.807) is 16.8 Å². The summed E-state index contributed by atoms with van der Waals surface area (Å²) in [7, 11) is 0. The second-order valence-corrected chi connectivity index (χ2v) is 6.91. The zero-order valence-corrected chi connectivity index (χ0v) is 12.8. The summed E-state index contributed by atoms with van der Waals surface area (Å²) in [6.45, 7) is 0. The van der Waals surface area contributed by atoms with Crippen LogP contribution in [-0.4, -0.2) is 22.5 Å². The van der Waals surface area contributed by atoms with Crippen molar-refractivity contribution in [1.82, 2.24) is 4.98 Å². The van der Waals surface area contributed by atoms with Crippen molar-refractivity contribution >= 4 is 39.1 Å². The molecule has 114 valence electrons. The van der Waals surface area contributed by atoms with Crippen LogP contribution in [0.5, 0.6) is 0 Å². The summed E-state index contributed by atoms with van der Waals surface area (Å²) >= 11 is 1.57. The molecule has 2 fully saturated rings. The van der Waals surface area contributed by atoms with Crippen molar-refractivity contribution in [3.63, 3.8) is 0 Å². The summed E-state index contributed by atoms with van der Waals surface area (Å²) in [5.74, 6) is -0.757. The number of carbonyl (C=O) groups excluding carboxylic acids is 2. The largest absolute Gasteiger partial charge is 0.458 e. The van der Waals surface area contributed by atoms with E-state index < -0.39 is 5.60 Å². The van der Waals surface area contributed by atoms with Crippen LogP contribution in [0, 0.1) is 5.92 Å². The van der Waals surface area contributed by atoms with Gasteiger partial charge in [-0.15, -0.1) is 11.3 Å². The molecule has 0 radical (unpaired) electrons. The van der Waals surface area contributed by atoms with Crippen molar-refractivity contribution in [2.75, 3.05) is 5.32 Å². The molecule has 1 aromatic carbocycles. The van der Waals surface area contributed by atoms with E-state index in [9.17, 15) is 9.59 Å². The zero-order valence-electron chi connectivity index (χ0n) is 12.0. The highest BCUT2D eigenvalue weighted by Crippen LogP contribution is 2.45. The summed E-state index contributed by atoms with van der Waals surface area (Å²) in [6.07, 6.45) is 3.80. The third kappa shape index (κ3) is 2.18. The van der Waals surface area contributed by atoms with Gasteiger partial charge in [-0.3, -0.25) is 9.59 Å². The lowest BCUT2D eigenvalue weighted by Gasteiger charge is -2.27. The van der Waals surface area contributed by atoms with Crippen LogP contribution >= 0.6 is 11.3 Å². The quantitative estimate of drug-likeness (QED) is 0.864. The fourth-order valence-corrected chi connectivity index (χ4v) is 4.27. The second-order valence-electron chi connectivity index (χ2n) is 6.03. The van der Waals surface area contributed by atoms with Crippen molar-refractivity contribution in [3.05, 3.63) is 23.7 Å². The molecule has 1 unspecified atom stereocenters. The van der Waals surface area contributed by atoms with E-state index >= 15 is 0 Å². The minimum absolute atomic E-state index is 0.123. The van der Waals surface area contributed by atoms with Gasteiger partial charge in [0, 0.05) is 5.69 Å². The summed E-state index contributed by atoms with van der Waals surface area (Å²) in [4.78, 5) is 28.6. The molecule has 1 aliphatic heterocycles. The predicted molar refractivity (Wildman–Crippen MR) is 83.6 cm³/mol. The first kappa shape index (κ1) is 13.7. The number of thiazole rings is 1. The number of nitrogens with one attached hydrogen (secondary N) is 1. The molecule has 0 bridgehead atoms. The smallest absolute Gasteiger partial charge is 0.307 e. The van der Waals surface area contributed by atoms with Gasteiger partial charge < -0.3 is 10.1 Å². The normalized spacial score (nSPS) is 23.1. The number of esters is 1. The molecular weight excluding hydrogens is 300 g/mol. The van der Waals surface area contributed by atoms with E-state index in [1.165, 1.54) is 0 Å². The van der Waals surface area contributed by atoms with Crippen molar-refractivity contribution in [2.24, 2.45) is 5.92 Å². The van der Waals surface area contributed by atoms with Gasteiger partial charge in [0.2, 0.25) is 5.91 Å². The van der Waals surface area contributed by atoms with Gasteiger partial charge in [0.1, 0.15) is 5.60 Å². The number of hydrogen-bond donors (Lipinski definition) is 1. The number of hydrogen-bond acceptors (Lipinski definition) is 5. The zero-order chi connectivity index (χ0) is 15.2. The van der Waals surface area contributed by atoms with Crippen molar-refractivity contribution in [1.29, 1.82) is 0 Å². The molecule has 22 heavy (non-hydrogen) atoms. The highest BCUT2D eigenvalue weighted by atomic mass is 32.1. The number of aromatic nitrogens is 1. The van der Waals surface area contributed by atoms with Gasteiger partial charge in [-0.2, -0.15) is 0 Å². The van der Waals surface area contributed by atoms with E-state index in [4.69, 9.17) is 4.74 Å². The molecule has 1 saturated heterocycles. The Morgan fingerprint density at radius 1 is 1.36 bits per heavy atom. The van der Waals surface area contributed by atoms with Gasteiger partial charge in [0.25, 0.3) is 0 Å². The number of anilines is 1. The maximum absolute atomic E-state index is 12.6. The first-order valence-corrected chi connectivity index (χ1v) is 8.40. The Balaban J connectivity index is 1.57. The predicted octanol–water partition coefficient (Wildman–Crippen LogP) is 3.11. The lowest BCUT2D eigenvalue weighted by molar-refractivity contribution is -0.149.